The highest BCUT2D eigenvalue weighted by Gasteiger charge is 2.34. The van der Waals surface area contributed by atoms with E-state index in [1.165, 1.54) is 0 Å². The minimum absolute atomic E-state index is 0.0600. The summed E-state index contributed by atoms with van der Waals surface area (Å²) in [6, 6.07) is 4.30. The number of aromatic nitrogens is 4. The summed E-state index contributed by atoms with van der Waals surface area (Å²) in [5.41, 5.74) is 13.7. The fourth-order valence-corrected chi connectivity index (χ4v) is 7.51. The Morgan fingerprint density at radius 3 is 2.28 bits per heavy atom. The zero-order chi connectivity index (χ0) is 38.7. The number of aliphatic carboxylic acids is 3. The van der Waals surface area contributed by atoms with E-state index < -0.39 is 42.2 Å². The number of nitrogens with one attached hydrogen (secondary N) is 3. The Morgan fingerprint density at radius 1 is 0.962 bits per heavy atom. The zero-order valence-electron chi connectivity index (χ0n) is 30.7. The summed E-state index contributed by atoms with van der Waals surface area (Å²) < 4.78 is 0. The average Bonchev–Trinajstić information content (AvgIpc) is 3.78. The van der Waals surface area contributed by atoms with Gasteiger partial charge in [0.25, 0.3) is 0 Å². The molecule has 53 heavy (non-hydrogen) atoms. The highest BCUT2D eigenvalue weighted by molar-refractivity contribution is 6.23. The number of nitrogens with two attached hydrogens (primary N) is 1. The number of nitrogens with zero attached hydrogens (tertiary/aromatic N) is 2. The number of amides is 1. The van der Waals surface area contributed by atoms with Crippen LogP contribution in [0.4, 0.5) is 0 Å². The van der Waals surface area contributed by atoms with Crippen LogP contribution >= 0.6 is 0 Å². The summed E-state index contributed by atoms with van der Waals surface area (Å²) in [5.74, 6) is -5.99. The molecular weight excluding hydrogens is 676 g/mol. The number of carbonyl (C=O) groups excluding carboxylic acids is 4. The van der Waals surface area contributed by atoms with Crippen LogP contribution in [-0.4, -0.2) is 56.3 Å². The van der Waals surface area contributed by atoms with Crippen LogP contribution in [0.1, 0.15) is 115 Å². The molecule has 13 nitrogen and oxygen atoms in total. The normalized spacial score (nSPS) is 16.0. The maximum absolute atomic E-state index is 13.8. The molecule has 0 saturated heterocycles. The second kappa shape index (κ2) is 16.0. The van der Waals surface area contributed by atoms with Crippen molar-refractivity contribution in [2.45, 2.75) is 97.4 Å². The largest absolute Gasteiger partial charge is 0.550 e. The predicted octanol–water partition coefficient (Wildman–Crippen LogP) is 2.14. The molecule has 3 aromatic heterocycles. The lowest BCUT2D eigenvalue weighted by atomic mass is 9.84. The van der Waals surface area contributed by atoms with Gasteiger partial charge in [-0.3, -0.25) is 9.78 Å². The minimum Gasteiger partial charge on any atom is -0.550 e. The van der Waals surface area contributed by atoms with E-state index in [0.29, 0.717) is 42.8 Å². The van der Waals surface area contributed by atoms with Crippen LogP contribution in [0.25, 0.3) is 39.3 Å². The molecule has 1 amide bonds. The van der Waals surface area contributed by atoms with Crippen molar-refractivity contribution in [2.75, 3.05) is 6.54 Å². The van der Waals surface area contributed by atoms with Crippen LogP contribution in [0.5, 0.6) is 0 Å². The Kier molecular flexibility index (Phi) is 11.7. The number of hydrogen-bond acceptors (Lipinski definition) is 10. The van der Waals surface area contributed by atoms with Crippen LogP contribution in [0, 0.1) is 13.8 Å². The van der Waals surface area contributed by atoms with Crippen molar-refractivity contribution in [3.8, 4) is 0 Å². The van der Waals surface area contributed by atoms with E-state index in [1.807, 2.05) is 39.8 Å². The molecule has 1 unspecified atom stereocenters. The first-order chi connectivity index (χ1) is 25.2. The highest BCUT2D eigenvalue weighted by Crippen LogP contribution is 2.43. The average molecular weight is 722 g/mol. The number of aromatic amines is 2. The molecule has 3 aromatic rings. The zero-order valence-corrected chi connectivity index (χ0v) is 30.7. The number of carboxylic acid groups (broad SMARTS) is 3. The van der Waals surface area contributed by atoms with Gasteiger partial charge in [-0.05, 0) is 106 Å². The molecule has 13 heteroatoms. The van der Waals surface area contributed by atoms with E-state index in [1.54, 1.807) is 19.1 Å². The number of aryl methyl sites for hydroxylation is 3. The van der Waals surface area contributed by atoms with Crippen molar-refractivity contribution < 1.29 is 34.5 Å². The van der Waals surface area contributed by atoms with Crippen LogP contribution in [0.3, 0.4) is 0 Å². The molecule has 8 bridgehead atoms. The van der Waals surface area contributed by atoms with Crippen molar-refractivity contribution in [3.63, 3.8) is 0 Å². The van der Waals surface area contributed by atoms with Gasteiger partial charge >= 0.3 is 0 Å². The van der Waals surface area contributed by atoms with Crippen LogP contribution in [-0.2, 0) is 32.0 Å². The highest BCUT2D eigenvalue weighted by atomic mass is 16.4. The summed E-state index contributed by atoms with van der Waals surface area (Å²) in [4.78, 5) is 67.3. The summed E-state index contributed by atoms with van der Waals surface area (Å²) in [7, 11) is 0. The monoisotopic (exact) mass is 721 g/mol. The number of rotatable bonds is 14. The fraction of sp³-hybridized carbons (Fsp3) is 0.400. The maximum atomic E-state index is 13.8. The Morgan fingerprint density at radius 2 is 1.66 bits per heavy atom. The van der Waals surface area contributed by atoms with Crippen molar-refractivity contribution in [1.29, 1.82) is 0 Å². The molecule has 2 aliphatic heterocycles. The molecule has 0 saturated carbocycles. The molecule has 0 radical (unpaired) electrons. The van der Waals surface area contributed by atoms with Gasteiger partial charge in [-0.15, -0.1) is 0 Å². The second-order valence-electron chi connectivity index (χ2n) is 13.8. The molecule has 0 spiro atoms. The predicted molar refractivity (Wildman–Crippen MR) is 196 cm³/mol. The maximum Gasteiger partial charge on any atom is 0.225 e. The second-order valence-corrected chi connectivity index (χ2v) is 13.8. The van der Waals surface area contributed by atoms with E-state index in [9.17, 15) is 34.5 Å². The van der Waals surface area contributed by atoms with Gasteiger partial charge in [0.1, 0.15) is 0 Å². The quantitative estimate of drug-likeness (QED) is 0.177. The molecule has 0 aliphatic carbocycles. The van der Waals surface area contributed by atoms with Crippen LogP contribution < -0.4 is 26.4 Å². The Bertz CT molecular complexity index is 2190. The molecule has 5 rings (SSSR count). The number of allylic oxidation sites excluding steroid dienone is 1. The lowest BCUT2D eigenvalue weighted by Gasteiger charge is -2.22. The van der Waals surface area contributed by atoms with Gasteiger partial charge in [0.05, 0.1) is 41.5 Å². The number of fused-ring (bicyclic) bond motifs is 8. The number of hydrogen-bond donors (Lipinski definition) is 4. The van der Waals surface area contributed by atoms with E-state index in [0.717, 1.165) is 44.3 Å². The number of unbranched alkanes of at least 4 members (excludes halogenated alkanes) is 1. The summed E-state index contributed by atoms with van der Waals surface area (Å²) in [5, 5.41) is 39.2. The van der Waals surface area contributed by atoms with E-state index >= 15 is 0 Å². The van der Waals surface area contributed by atoms with Gasteiger partial charge in [0, 0.05) is 62.3 Å². The molecule has 5 heterocycles. The molecule has 2 aliphatic rings. The topological polar surface area (TPSA) is 233 Å². The summed E-state index contributed by atoms with van der Waals surface area (Å²) in [6.07, 6.45) is 2.71. The van der Waals surface area contributed by atoms with Gasteiger partial charge in [0.2, 0.25) is 5.91 Å². The SMILES string of the molecule is C=Cc1c(C)c2cc3nc(c(CC(=O)NC(CCCCN)C(=O)[O-])c4nc(cc5[nH]c(cc1[nH]2)c(C)c5CC)C(C)=C4C(=O)[O-])[C@@H](CCC(=O)[O-])[C@@H]3C. The van der Waals surface area contributed by atoms with E-state index in [-0.39, 0.29) is 47.7 Å². The first-order valence-electron chi connectivity index (χ1n) is 17.9. The van der Waals surface area contributed by atoms with Crippen molar-refractivity contribution in [1.82, 2.24) is 25.3 Å². The Hall–Kier alpha value is -5.56. The standard InChI is InChI=1S/C40H48N6O7/c1-7-23-19(3)28-16-30-21(5)25(12-13-35(48)49)37(45-30)26(15-34(47)44-27(39(50)51)11-9-10-14-41)38-36(40(52)53)22(6)31(46-38)18-33-24(8-2)20(4)29(43-33)17-32(23)42-28/h7,16-18,21,25,27,42-43H,1,8-15,41H2,2-6H3,(H,44,47)(H,48,49)(H,50,51)(H,52,53)/p-3/t21-,25-,27?/m0/s1. The van der Waals surface area contributed by atoms with Crippen LogP contribution in [0.15, 0.2) is 24.8 Å². The molecule has 0 fully saturated rings. The molecule has 3 atom stereocenters. The number of carboxylic acids is 3. The van der Waals surface area contributed by atoms with Gasteiger partial charge < -0.3 is 50.7 Å². The lowest BCUT2D eigenvalue weighted by Crippen LogP contribution is -2.48. The molecule has 280 valence electrons. The third-order valence-corrected chi connectivity index (χ3v) is 10.5. The molecular formula is C40H45N6O7-3. The third kappa shape index (κ3) is 7.80. The first kappa shape index (κ1) is 38.7. The van der Waals surface area contributed by atoms with Crippen molar-refractivity contribution >= 4 is 63.1 Å². The van der Waals surface area contributed by atoms with E-state index in [2.05, 4.69) is 21.9 Å². The number of H-pyrrole nitrogens is 2. The smallest absolute Gasteiger partial charge is 0.225 e. The Balaban J connectivity index is 1.91. The summed E-state index contributed by atoms with van der Waals surface area (Å²) in [6.45, 7) is 13.9. The molecule has 5 N–H and O–H groups in total. The van der Waals surface area contributed by atoms with Gasteiger partial charge in [-0.25, -0.2) is 4.98 Å². The van der Waals surface area contributed by atoms with Crippen LogP contribution in [0.2, 0.25) is 0 Å². The minimum atomic E-state index is -1.53. The number of carbonyl (C=O) groups is 4. The first-order valence-corrected chi connectivity index (χ1v) is 17.9. The lowest BCUT2D eigenvalue weighted by molar-refractivity contribution is -0.309. The van der Waals surface area contributed by atoms with Gasteiger partial charge in [-0.2, -0.15) is 0 Å². The molecule has 0 aromatic carbocycles. The summed E-state index contributed by atoms with van der Waals surface area (Å²) >= 11 is 0. The van der Waals surface area contributed by atoms with Gasteiger partial charge in [-0.1, -0.05) is 26.5 Å². The fourth-order valence-electron chi connectivity index (χ4n) is 7.51. The van der Waals surface area contributed by atoms with Crippen molar-refractivity contribution in [3.05, 3.63) is 75.4 Å². The van der Waals surface area contributed by atoms with E-state index in [4.69, 9.17) is 15.7 Å². The van der Waals surface area contributed by atoms with Crippen molar-refractivity contribution in [2.24, 2.45) is 5.73 Å². The third-order valence-electron chi connectivity index (χ3n) is 10.5. The van der Waals surface area contributed by atoms with Gasteiger partial charge in [0.15, 0.2) is 0 Å². The Labute approximate surface area is 307 Å².